The molecule has 0 atom stereocenters. The third-order valence-electron chi connectivity index (χ3n) is 4.32. The Morgan fingerprint density at radius 1 is 1.07 bits per heavy atom. The number of aromatic nitrogens is 3. The molecule has 0 spiro atoms. The number of fused-ring (bicyclic) bond motifs is 1. The summed E-state index contributed by atoms with van der Waals surface area (Å²) in [5.74, 6) is -1.01. The van der Waals surface area contributed by atoms with Crippen LogP contribution >= 0.6 is 11.6 Å². The van der Waals surface area contributed by atoms with Gasteiger partial charge in [-0.1, -0.05) is 29.8 Å². The number of rotatable bonds is 3. The van der Waals surface area contributed by atoms with Gasteiger partial charge in [-0.05, 0) is 19.1 Å². The van der Waals surface area contributed by atoms with Gasteiger partial charge in [-0.15, -0.1) is 0 Å². The number of halogens is 3. The molecule has 0 bridgehead atoms. The highest BCUT2D eigenvalue weighted by Gasteiger charge is 2.24. The Kier molecular flexibility index (Phi) is 4.28. The zero-order valence-electron chi connectivity index (χ0n) is 14.5. The van der Waals surface area contributed by atoms with Crippen molar-refractivity contribution in [3.05, 3.63) is 71.3 Å². The number of aryl methyl sites for hydroxylation is 1. The molecule has 0 aliphatic carbocycles. The molecule has 0 aliphatic rings. The van der Waals surface area contributed by atoms with Gasteiger partial charge in [0.05, 0.1) is 35.8 Å². The zero-order chi connectivity index (χ0) is 19.1. The average molecular weight is 386 g/mol. The number of methoxy groups -OCH3 is 1. The van der Waals surface area contributed by atoms with E-state index in [1.807, 2.05) is 30.3 Å². The Balaban J connectivity index is 1.99. The molecule has 136 valence electrons. The lowest BCUT2D eigenvalue weighted by Crippen LogP contribution is -2.03. The molecule has 7 heteroatoms. The molecule has 27 heavy (non-hydrogen) atoms. The molecule has 2 heterocycles. The van der Waals surface area contributed by atoms with E-state index < -0.39 is 11.6 Å². The van der Waals surface area contributed by atoms with Crippen LogP contribution in [-0.2, 0) is 0 Å². The maximum Gasteiger partial charge on any atom is 0.155 e. The van der Waals surface area contributed by atoms with Crippen molar-refractivity contribution in [3.8, 4) is 22.7 Å². The van der Waals surface area contributed by atoms with Crippen molar-refractivity contribution in [2.75, 3.05) is 7.11 Å². The van der Waals surface area contributed by atoms with Crippen LogP contribution < -0.4 is 4.74 Å². The standard InChI is InChI=1S/C20H14ClF2N3O/c1-11-25-20(21)19(18-15(22)8-14(27-2)9-16(18)23)26(11)13-7-12-5-3-4-6-17(12)24-10-13/h3-10H,1-2H3. The second kappa shape index (κ2) is 6.63. The quantitative estimate of drug-likeness (QED) is 0.478. The minimum absolute atomic E-state index is 0.00336. The lowest BCUT2D eigenvalue weighted by atomic mass is 10.1. The van der Waals surface area contributed by atoms with E-state index in [0.29, 0.717) is 11.5 Å². The SMILES string of the molecule is COc1cc(F)c(-c2c(Cl)nc(C)n2-c2cnc3ccccc3c2)c(F)c1. The summed E-state index contributed by atoms with van der Waals surface area (Å²) in [4.78, 5) is 8.62. The Morgan fingerprint density at radius 3 is 2.48 bits per heavy atom. The van der Waals surface area contributed by atoms with Crippen LogP contribution in [0.3, 0.4) is 0 Å². The first kappa shape index (κ1) is 17.4. The van der Waals surface area contributed by atoms with E-state index in [-0.39, 0.29) is 22.2 Å². The van der Waals surface area contributed by atoms with E-state index in [1.54, 1.807) is 17.7 Å². The summed E-state index contributed by atoms with van der Waals surface area (Å²) in [7, 11) is 1.34. The summed E-state index contributed by atoms with van der Waals surface area (Å²) in [6.07, 6.45) is 1.62. The third kappa shape index (κ3) is 2.92. The van der Waals surface area contributed by atoms with Crippen molar-refractivity contribution < 1.29 is 13.5 Å². The topological polar surface area (TPSA) is 39.9 Å². The van der Waals surface area contributed by atoms with Crippen LogP contribution in [0.1, 0.15) is 5.82 Å². The first-order valence-electron chi connectivity index (χ1n) is 8.13. The van der Waals surface area contributed by atoms with Crippen molar-refractivity contribution in [1.29, 1.82) is 0 Å². The van der Waals surface area contributed by atoms with Crippen molar-refractivity contribution in [3.63, 3.8) is 0 Å². The number of hydrogen-bond acceptors (Lipinski definition) is 3. The van der Waals surface area contributed by atoms with Gasteiger partial charge in [-0.2, -0.15) is 0 Å². The largest absolute Gasteiger partial charge is 0.497 e. The van der Waals surface area contributed by atoms with Crippen LogP contribution in [0, 0.1) is 18.6 Å². The van der Waals surface area contributed by atoms with Crippen LogP contribution in [-0.4, -0.2) is 21.6 Å². The van der Waals surface area contributed by atoms with E-state index in [1.165, 1.54) is 7.11 Å². The minimum atomic E-state index is -0.788. The summed E-state index contributed by atoms with van der Waals surface area (Å²) in [5, 5.41) is 0.893. The smallest absolute Gasteiger partial charge is 0.155 e. The van der Waals surface area contributed by atoms with Crippen LogP contribution in [0.5, 0.6) is 5.75 Å². The number of pyridine rings is 1. The molecule has 0 aliphatic heterocycles. The molecule has 2 aromatic carbocycles. The molecule has 0 N–H and O–H groups in total. The third-order valence-corrected chi connectivity index (χ3v) is 4.59. The molecule has 0 fully saturated rings. The number of para-hydroxylation sites is 1. The molecule has 0 radical (unpaired) electrons. The highest BCUT2D eigenvalue weighted by molar-refractivity contribution is 6.32. The van der Waals surface area contributed by atoms with E-state index >= 15 is 0 Å². The van der Waals surface area contributed by atoms with Crippen molar-refractivity contribution >= 4 is 22.5 Å². The Hall–Kier alpha value is -2.99. The molecular formula is C20H14ClF2N3O. The molecule has 0 saturated heterocycles. The summed E-state index contributed by atoms with van der Waals surface area (Å²) < 4.78 is 35.9. The molecular weight excluding hydrogens is 372 g/mol. The van der Waals surface area contributed by atoms with Crippen LogP contribution in [0.2, 0.25) is 5.15 Å². The van der Waals surface area contributed by atoms with Crippen LogP contribution in [0.25, 0.3) is 27.8 Å². The van der Waals surface area contributed by atoms with E-state index in [4.69, 9.17) is 16.3 Å². The molecule has 0 saturated carbocycles. The van der Waals surface area contributed by atoms with Crippen LogP contribution in [0.4, 0.5) is 8.78 Å². The number of benzene rings is 2. The van der Waals surface area contributed by atoms with Gasteiger partial charge in [0.1, 0.15) is 23.2 Å². The highest BCUT2D eigenvalue weighted by atomic mass is 35.5. The van der Waals surface area contributed by atoms with E-state index in [9.17, 15) is 8.78 Å². The fourth-order valence-corrected chi connectivity index (χ4v) is 3.41. The van der Waals surface area contributed by atoms with Gasteiger partial charge in [0.2, 0.25) is 0 Å². The van der Waals surface area contributed by atoms with Gasteiger partial charge in [0, 0.05) is 17.5 Å². The van der Waals surface area contributed by atoms with E-state index in [2.05, 4.69) is 9.97 Å². The maximum absolute atomic E-state index is 14.7. The first-order valence-corrected chi connectivity index (χ1v) is 8.51. The summed E-state index contributed by atoms with van der Waals surface area (Å²) >= 11 is 6.25. The lowest BCUT2D eigenvalue weighted by molar-refractivity contribution is 0.407. The molecule has 4 aromatic rings. The minimum Gasteiger partial charge on any atom is -0.497 e. The monoisotopic (exact) mass is 385 g/mol. The zero-order valence-corrected chi connectivity index (χ0v) is 15.3. The fourth-order valence-electron chi connectivity index (χ4n) is 3.11. The molecule has 2 aromatic heterocycles. The molecule has 4 rings (SSSR count). The first-order chi connectivity index (χ1) is 13.0. The molecule has 0 amide bonds. The number of ether oxygens (including phenoxy) is 1. The van der Waals surface area contributed by atoms with Gasteiger partial charge in [-0.25, -0.2) is 13.8 Å². The Morgan fingerprint density at radius 2 is 1.78 bits per heavy atom. The Bertz CT molecular complexity index is 1150. The van der Waals surface area contributed by atoms with Crippen molar-refractivity contribution in [2.24, 2.45) is 0 Å². The number of hydrogen-bond donors (Lipinski definition) is 0. The predicted molar refractivity (Wildman–Crippen MR) is 101 cm³/mol. The maximum atomic E-state index is 14.7. The highest BCUT2D eigenvalue weighted by Crippen LogP contribution is 2.37. The van der Waals surface area contributed by atoms with Crippen molar-refractivity contribution in [2.45, 2.75) is 6.92 Å². The molecule has 4 nitrogen and oxygen atoms in total. The Labute approximate surface area is 159 Å². The summed E-state index contributed by atoms with van der Waals surface area (Å²) in [6.45, 7) is 1.71. The van der Waals surface area contributed by atoms with Gasteiger partial charge < -0.3 is 4.74 Å². The van der Waals surface area contributed by atoms with E-state index in [0.717, 1.165) is 23.0 Å². The average Bonchev–Trinajstić information content (AvgIpc) is 2.94. The molecule has 0 unspecified atom stereocenters. The lowest BCUT2D eigenvalue weighted by Gasteiger charge is -2.13. The number of imidazole rings is 1. The van der Waals surface area contributed by atoms with Gasteiger partial charge >= 0.3 is 0 Å². The number of nitrogens with zero attached hydrogens (tertiary/aromatic N) is 3. The summed E-state index contributed by atoms with van der Waals surface area (Å²) in [5.41, 5.74) is 1.28. The normalized spacial score (nSPS) is 11.1. The second-order valence-electron chi connectivity index (χ2n) is 5.99. The van der Waals surface area contributed by atoms with Gasteiger partial charge in [-0.3, -0.25) is 9.55 Å². The van der Waals surface area contributed by atoms with Gasteiger partial charge in [0.25, 0.3) is 0 Å². The predicted octanol–water partition coefficient (Wildman–Crippen LogP) is 5.34. The van der Waals surface area contributed by atoms with Crippen LogP contribution in [0.15, 0.2) is 48.7 Å². The van der Waals surface area contributed by atoms with Crippen molar-refractivity contribution in [1.82, 2.24) is 14.5 Å². The summed E-state index contributed by atoms with van der Waals surface area (Å²) in [6, 6.07) is 11.7. The second-order valence-corrected chi connectivity index (χ2v) is 6.34. The fraction of sp³-hybridized carbons (Fsp3) is 0.100. The van der Waals surface area contributed by atoms with Gasteiger partial charge in [0.15, 0.2) is 5.15 Å².